The second-order valence-corrected chi connectivity index (χ2v) is 12.5. The highest BCUT2D eigenvalue weighted by Crippen LogP contribution is 2.54. The molecule has 0 aromatic carbocycles. The molecule has 0 radical (unpaired) electrons. The van der Waals surface area contributed by atoms with Crippen molar-refractivity contribution in [2.24, 2.45) is 11.8 Å². The molecule has 2 atom stereocenters. The van der Waals surface area contributed by atoms with Crippen LogP contribution >= 0.6 is 31.9 Å². The van der Waals surface area contributed by atoms with Crippen LogP contribution in [0.5, 0.6) is 0 Å². The lowest BCUT2D eigenvalue weighted by Crippen LogP contribution is -2.18. The molecule has 0 spiro atoms. The smallest absolute Gasteiger partial charge is 0.0541 e. The van der Waals surface area contributed by atoms with E-state index in [2.05, 4.69) is 122 Å². The van der Waals surface area contributed by atoms with E-state index in [4.69, 9.17) is 0 Å². The molecule has 0 bridgehead atoms. The van der Waals surface area contributed by atoms with E-state index in [1.165, 1.54) is 87.5 Å². The summed E-state index contributed by atoms with van der Waals surface area (Å²) in [5.41, 5.74) is 19.6. The molecule has 6 rings (SSSR count). The summed E-state index contributed by atoms with van der Waals surface area (Å²) in [7, 11) is 4.41. The molecular formula is C31H32Br2N2. The van der Waals surface area contributed by atoms with E-state index >= 15 is 0 Å². The molecule has 0 aromatic heterocycles. The quantitative estimate of drug-likeness (QED) is 0.317. The van der Waals surface area contributed by atoms with Crippen LogP contribution in [0.15, 0.2) is 112 Å². The van der Waals surface area contributed by atoms with Crippen molar-refractivity contribution < 1.29 is 0 Å². The Kier molecular flexibility index (Phi) is 5.16. The average molecular weight is 592 g/mol. The predicted molar refractivity (Wildman–Crippen MR) is 154 cm³/mol. The van der Waals surface area contributed by atoms with Crippen molar-refractivity contribution >= 4 is 31.9 Å². The van der Waals surface area contributed by atoms with Crippen LogP contribution in [0.3, 0.4) is 0 Å². The van der Waals surface area contributed by atoms with Gasteiger partial charge >= 0.3 is 0 Å². The Morgan fingerprint density at radius 3 is 1.34 bits per heavy atom. The van der Waals surface area contributed by atoms with Gasteiger partial charge in [0.2, 0.25) is 0 Å². The fraction of sp³-hybridized carbons (Fsp3) is 0.355. The minimum Gasteiger partial charge on any atom is -0.351 e. The Morgan fingerprint density at radius 2 is 0.971 bits per heavy atom. The average Bonchev–Trinajstić information content (AvgIpc) is 3.45. The zero-order valence-corrected chi connectivity index (χ0v) is 25.0. The van der Waals surface area contributed by atoms with Crippen LogP contribution in [-0.2, 0) is 0 Å². The monoisotopic (exact) mass is 590 g/mol. The molecule has 2 nitrogen and oxygen atoms in total. The summed E-state index contributed by atoms with van der Waals surface area (Å²) >= 11 is 8.06. The number of fused-ring (bicyclic) bond motifs is 4. The molecular weight excluding hydrogens is 560 g/mol. The van der Waals surface area contributed by atoms with E-state index in [1.807, 2.05) is 0 Å². The van der Waals surface area contributed by atoms with Gasteiger partial charge in [0.05, 0.1) is 11.8 Å². The highest BCUT2D eigenvalue weighted by molar-refractivity contribution is 9.12. The Balaban J connectivity index is 1.47. The van der Waals surface area contributed by atoms with Crippen molar-refractivity contribution in [2.45, 2.75) is 48.0 Å². The molecule has 0 saturated heterocycles. The third-order valence-electron chi connectivity index (χ3n) is 9.24. The Labute approximate surface area is 226 Å². The topological polar surface area (TPSA) is 6.48 Å². The standard InChI is InChI=1S/C31H32Br2N2/c1-14-9-24-22(12-26-28(30(24)32)16(3)18(5)34(26)7)20(14)11-21-15(2)10-25-23(21)13-27-29(31(25)33)17(4)19(6)35(27)8/h9-10,12-13,28-29H,11H2,1-8H3. The second-order valence-electron chi connectivity index (χ2n) is 10.8. The Morgan fingerprint density at radius 1 is 0.600 bits per heavy atom. The van der Waals surface area contributed by atoms with Gasteiger partial charge in [-0.05, 0) is 116 Å². The van der Waals surface area contributed by atoms with Crippen LogP contribution in [-0.4, -0.2) is 23.9 Å². The first-order valence-corrected chi connectivity index (χ1v) is 14.0. The van der Waals surface area contributed by atoms with E-state index in [-0.39, 0.29) is 0 Å². The summed E-state index contributed by atoms with van der Waals surface area (Å²) in [4.78, 5) is 4.74. The first-order chi connectivity index (χ1) is 16.5. The summed E-state index contributed by atoms with van der Waals surface area (Å²) in [6, 6.07) is 0. The number of rotatable bonds is 2. The number of hydrogen-bond acceptors (Lipinski definition) is 2. The lowest BCUT2D eigenvalue weighted by atomic mass is 9.85. The van der Waals surface area contributed by atoms with Gasteiger partial charge in [0.25, 0.3) is 0 Å². The maximum absolute atomic E-state index is 4.03. The van der Waals surface area contributed by atoms with Gasteiger partial charge in [-0.2, -0.15) is 0 Å². The fourth-order valence-corrected chi connectivity index (χ4v) is 8.47. The van der Waals surface area contributed by atoms with Crippen LogP contribution in [0.25, 0.3) is 0 Å². The van der Waals surface area contributed by atoms with Crippen LogP contribution < -0.4 is 0 Å². The number of nitrogens with zero attached hydrogens (tertiary/aromatic N) is 2. The second kappa shape index (κ2) is 7.73. The molecule has 4 aliphatic carbocycles. The first kappa shape index (κ1) is 23.4. The largest absolute Gasteiger partial charge is 0.351 e. The van der Waals surface area contributed by atoms with Crippen molar-refractivity contribution in [2.75, 3.05) is 14.1 Å². The molecule has 2 aliphatic heterocycles. The van der Waals surface area contributed by atoms with E-state index < -0.39 is 0 Å². The van der Waals surface area contributed by atoms with Gasteiger partial charge in [0.1, 0.15) is 0 Å². The lowest BCUT2D eigenvalue weighted by Gasteiger charge is -2.27. The van der Waals surface area contributed by atoms with Gasteiger partial charge in [-0.15, -0.1) is 0 Å². The molecule has 35 heavy (non-hydrogen) atoms. The summed E-state index contributed by atoms with van der Waals surface area (Å²) in [5.74, 6) is 0.694. The van der Waals surface area contributed by atoms with Crippen LogP contribution in [0.2, 0.25) is 0 Å². The zero-order valence-electron chi connectivity index (χ0n) is 21.8. The van der Waals surface area contributed by atoms with Crippen LogP contribution in [0, 0.1) is 11.8 Å². The highest BCUT2D eigenvalue weighted by Gasteiger charge is 2.40. The third kappa shape index (κ3) is 2.99. The SMILES string of the molecule is CC1=CC2=C(Br)C3C(=CC2=C1CC1=C2C=C4C(C(C)=C(C)N4C)C(Br)=C2C=C1C)N(C)C(C)=C3C. The zero-order chi connectivity index (χ0) is 25.1. The maximum atomic E-state index is 4.03. The molecule has 0 saturated carbocycles. The fourth-order valence-electron chi connectivity index (χ4n) is 6.66. The predicted octanol–water partition coefficient (Wildman–Crippen LogP) is 8.69. The molecule has 2 unspecified atom stereocenters. The summed E-state index contributed by atoms with van der Waals surface area (Å²) in [6.07, 6.45) is 10.7. The number of halogens is 2. The van der Waals surface area contributed by atoms with Crippen molar-refractivity contribution in [3.05, 3.63) is 112 Å². The molecule has 0 N–H and O–H groups in total. The Hall–Kier alpha value is -2.04. The van der Waals surface area contributed by atoms with E-state index in [9.17, 15) is 0 Å². The summed E-state index contributed by atoms with van der Waals surface area (Å²) in [6.45, 7) is 13.6. The van der Waals surface area contributed by atoms with Crippen LogP contribution in [0.4, 0.5) is 0 Å². The number of allylic oxidation sites excluding steroid dienone is 16. The van der Waals surface area contributed by atoms with Gasteiger partial charge in [0.15, 0.2) is 0 Å². The van der Waals surface area contributed by atoms with Crippen molar-refractivity contribution in [3.8, 4) is 0 Å². The third-order valence-corrected chi connectivity index (χ3v) is 11.0. The molecule has 180 valence electrons. The van der Waals surface area contributed by atoms with E-state index in [1.54, 1.807) is 0 Å². The van der Waals surface area contributed by atoms with Gasteiger partial charge in [-0.1, -0.05) is 44.0 Å². The summed E-state index contributed by atoms with van der Waals surface area (Å²) in [5, 5.41) is 0. The maximum Gasteiger partial charge on any atom is 0.0541 e. The Bertz CT molecular complexity index is 1350. The van der Waals surface area contributed by atoms with Gasteiger partial charge < -0.3 is 9.80 Å². The molecule has 6 aliphatic rings. The lowest BCUT2D eigenvalue weighted by molar-refractivity contribution is 0.521. The molecule has 4 heteroatoms. The minimum absolute atomic E-state index is 0.347. The van der Waals surface area contributed by atoms with E-state index in [0.717, 1.165) is 6.42 Å². The summed E-state index contributed by atoms with van der Waals surface area (Å²) < 4.78 is 2.62. The van der Waals surface area contributed by atoms with Crippen molar-refractivity contribution in [1.82, 2.24) is 9.80 Å². The van der Waals surface area contributed by atoms with Crippen molar-refractivity contribution in [3.63, 3.8) is 0 Å². The normalized spacial score (nSPS) is 27.7. The van der Waals surface area contributed by atoms with Crippen LogP contribution in [0.1, 0.15) is 48.0 Å². The van der Waals surface area contributed by atoms with Gasteiger partial charge in [0, 0.05) is 45.8 Å². The molecule has 0 aromatic rings. The van der Waals surface area contributed by atoms with E-state index in [0.29, 0.717) is 11.8 Å². The van der Waals surface area contributed by atoms with Gasteiger partial charge in [-0.25, -0.2) is 0 Å². The molecule has 0 amide bonds. The molecule has 0 fully saturated rings. The van der Waals surface area contributed by atoms with Crippen molar-refractivity contribution in [1.29, 1.82) is 0 Å². The van der Waals surface area contributed by atoms with Gasteiger partial charge in [-0.3, -0.25) is 0 Å². The highest BCUT2D eigenvalue weighted by atomic mass is 79.9. The number of hydrogen-bond donors (Lipinski definition) is 0. The first-order valence-electron chi connectivity index (χ1n) is 12.4. The molecule has 2 heterocycles. The minimum atomic E-state index is 0.347.